The smallest absolute Gasteiger partial charge is 0.265 e. The van der Waals surface area contributed by atoms with Gasteiger partial charge in [-0.3, -0.25) is 14.1 Å². The van der Waals surface area contributed by atoms with Crippen molar-refractivity contribution in [1.29, 1.82) is 0 Å². The standard InChI is InChI=1S/C26H25N7O2S2/c27-18-3-1-2-4-19(18)30-25(34)21-6-8-24(36-21)31-26-29-14-22(37-26)20-13-28-23-7-5-17(16-33(20)23)15-32-9-11-35-12-10-32/h1-8,13-14,16H,9-12,15,27H2,(H,29,31)(H,30,34). The van der Waals surface area contributed by atoms with Gasteiger partial charge in [-0.25, -0.2) is 9.97 Å². The first-order valence-electron chi connectivity index (χ1n) is 11.9. The van der Waals surface area contributed by atoms with Gasteiger partial charge in [-0.05, 0) is 35.9 Å². The molecule has 0 radical (unpaired) electrons. The average molecular weight is 532 g/mol. The Balaban J connectivity index is 1.16. The largest absolute Gasteiger partial charge is 0.397 e. The van der Waals surface area contributed by atoms with Crippen molar-refractivity contribution in [1.82, 2.24) is 19.3 Å². The van der Waals surface area contributed by atoms with Gasteiger partial charge in [-0.2, -0.15) is 0 Å². The van der Waals surface area contributed by atoms with Crippen LogP contribution in [-0.4, -0.2) is 51.5 Å². The van der Waals surface area contributed by atoms with E-state index in [1.54, 1.807) is 29.5 Å². The van der Waals surface area contributed by atoms with Gasteiger partial charge in [0, 0.05) is 32.0 Å². The number of benzene rings is 1. The molecule has 1 aliphatic rings. The van der Waals surface area contributed by atoms with Crippen molar-refractivity contribution in [2.45, 2.75) is 6.54 Å². The second kappa shape index (κ2) is 10.3. The van der Waals surface area contributed by atoms with Crippen molar-refractivity contribution in [3.63, 3.8) is 0 Å². The fourth-order valence-corrected chi connectivity index (χ4v) is 5.90. The van der Waals surface area contributed by atoms with Crippen LogP contribution in [0.3, 0.4) is 0 Å². The van der Waals surface area contributed by atoms with Crippen molar-refractivity contribution < 1.29 is 9.53 Å². The monoisotopic (exact) mass is 531 g/mol. The van der Waals surface area contributed by atoms with Crippen LogP contribution in [0.25, 0.3) is 16.2 Å². The lowest BCUT2D eigenvalue weighted by atomic mass is 10.2. The number of ether oxygens (including phenoxy) is 1. The zero-order valence-electron chi connectivity index (χ0n) is 19.9. The summed E-state index contributed by atoms with van der Waals surface area (Å²) in [7, 11) is 0. The van der Waals surface area contributed by atoms with Gasteiger partial charge in [-0.15, -0.1) is 11.3 Å². The Morgan fingerprint density at radius 2 is 1.89 bits per heavy atom. The molecule has 4 N–H and O–H groups in total. The summed E-state index contributed by atoms with van der Waals surface area (Å²) < 4.78 is 7.59. The first-order chi connectivity index (χ1) is 18.1. The fraction of sp³-hybridized carbons (Fsp3) is 0.192. The van der Waals surface area contributed by atoms with Crippen molar-refractivity contribution in [3.05, 3.63) is 77.6 Å². The summed E-state index contributed by atoms with van der Waals surface area (Å²) in [6.07, 6.45) is 5.89. The molecular formula is C26H25N7O2S2. The number of anilines is 4. The molecule has 0 atom stereocenters. The van der Waals surface area contributed by atoms with Gasteiger partial charge in [-0.1, -0.05) is 29.5 Å². The molecule has 4 aromatic heterocycles. The van der Waals surface area contributed by atoms with Crippen molar-refractivity contribution in [3.8, 4) is 10.6 Å². The van der Waals surface area contributed by atoms with Crippen LogP contribution >= 0.6 is 22.7 Å². The minimum absolute atomic E-state index is 0.200. The highest BCUT2D eigenvalue weighted by atomic mass is 32.1. The third kappa shape index (κ3) is 5.20. The van der Waals surface area contributed by atoms with Gasteiger partial charge < -0.3 is 21.1 Å². The summed E-state index contributed by atoms with van der Waals surface area (Å²) in [6.45, 7) is 4.36. The highest BCUT2D eigenvalue weighted by Crippen LogP contribution is 2.33. The van der Waals surface area contributed by atoms with Gasteiger partial charge in [0.2, 0.25) is 0 Å². The Morgan fingerprint density at radius 3 is 2.76 bits per heavy atom. The minimum Gasteiger partial charge on any atom is -0.397 e. The Bertz CT molecular complexity index is 1550. The van der Waals surface area contributed by atoms with E-state index in [0.29, 0.717) is 16.3 Å². The molecule has 1 amide bonds. The number of hydrogen-bond acceptors (Lipinski definition) is 9. The summed E-state index contributed by atoms with van der Waals surface area (Å²) in [5, 5.41) is 7.76. The molecule has 37 heavy (non-hydrogen) atoms. The number of pyridine rings is 1. The van der Waals surface area contributed by atoms with Gasteiger partial charge in [0.1, 0.15) is 5.65 Å². The predicted molar refractivity (Wildman–Crippen MR) is 149 cm³/mol. The maximum atomic E-state index is 12.7. The predicted octanol–water partition coefficient (Wildman–Crippen LogP) is 4.93. The van der Waals surface area contributed by atoms with Crippen LogP contribution < -0.4 is 16.4 Å². The van der Waals surface area contributed by atoms with E-state index in [-0.39, 0.29) is 5.91 Å². The van der Waals surface area contributed by atoms with Crippen LogP contribution in [0.5, 0.6) is 0 Å². The van der Waals surface area contributed by atoms with Crippen LogP contribution in [0.15, 0.2) is 67.1 Å². The first-order valence-corrected chi connectivity index (χ1v) is 13.5. The Hall–Kier alpha value is -3.77. The second-order valence-electron chi connectivity index (χ2n) is 8.66. The van der Waals surface area contributed by atoms with E-state index in [0.717, 1.165) is 59.2 Å². The number of rotatable bonds is 7. The van der Waals surface area contributed by atoms with Crippen LogP contribution in [0.4, 0.5) is 21.5 Å². The number of nitrogens with two attached hydrogens (primary N) is 1. The number of hydrogen-bond donors (Lipinski definition) is 3. The molecular weight excluding hydrogens is 506 g/mol. The molecule has 0 bridgehead atoms. The Labute approximate surface area is 221 Å². The van der Waals surface area contributed by atoms with Gasteiger partial charge in [0.15, 0.2) is 5.13 Å². The third-order valence-electron chi connectivity index (χ3n) is 6.10. The average Bonchev–Trinajstić information content (AvgIpc) is 3.66. The summed E-state index contributed by atoms with van der Waals surface area (Å²) >= 11 is 2.90. The maximum absolute atomic E-state index is 12.7. The Kier molecular flexibility index (Phi) is 6.58. The van der Waals surface area contributed by atoms with Gasteiger partial charge in [0.25, 0.3) is 5.91 Å². The van der Waals surface area contributed by atoms with Crippen LogP contribution in [-0.2, 0) is 11.3 Å². The van der Waals surface area contributed by atoms with E-state index in [4.69, 9.17) is 10.5 Å². The molecule has 6 rings (SSSR count). The number of fused-ring (bicyclic) bond motifs is 1. The molecule has 9 nitrogen and oxygen atoms in total. The molecule has 1 aliphatic heterocycles. The SMILES string of the molecule is Nc1ccccc1NC(=O)c1ccc(Nc2ncc(-c3cnc4ccc(CN5CCOCC5)cn34)s2)s1. The molecule has 1 saturated heterocycles. The number of carbonyl (C=O) groups is 1. The van der Waals surface area contributed by atoms with Crippen LogP contribution in [0.2, 0.25) is 0 Å². The molecule has 1 aromatic carbocycles. The van der Waals surface area contributed by atoms with E-state index < -0.39 is 0 Å². The lowest BCUT2D eigenvalue weighted by Gasteiger charge is -2.26. The number of para-hydroxylation sites is 2. The van der Waals surface area contributed by atoms with Gasteiger partial charge in [0.05, 0.1) is 51.2 Å². The van der Waals surface area contributed by atoms with Crippen LogP contribution in [0, 0.1) is 0 Å². The highest BCUT2D eigenvalue weighted by Gasteiger charge is 2.15. The fourth-order valence-electron chi connectivity index (χ4n) is 4.20. The normalized spacial score (nSPS) is 14.2. The van der Waals surface area contributed by atoms with E-state index >= 15 is 0 Å². The number of nitrogens with zero attached hydrogens (tertiary/aromatic N) is 4. The third-order valence-corrected chi connectivity index (χ3v) is 8.04. The lowest BCUT2D eigenvalue weighted by Crippen LogP contribution is -2.35. The summed E-state index contributed by atoms with van der Waals surface area (Å²) in [5.41, 5.74) is 10.2. The summed E-state index contributed by atoms with van der Waals surface area (Å²) in [6, 6.07) is 15.1. The summed E-state index contributed by atoms with van der Waals surface area (Å²) in [5.74, 6) is -0.200. The number of thiazole rings is 1. The zero-order chi connectivity index (χ0) is 25.2. The zero-order valence-corrected chi connectivity index (χ0v) is 21.5. The van der Waals surface area contributed by atoms with E-state index in [2.05, 4.69) is 48.2 Å². The molecule has 1 fully saturated rings. The number of nitrogen functional groups attached to an aromatic ring is 1. The van der Waals surface area contributed by atoms with E-state index in [9.17, 15) is 4.79 Å². The number of aromatic nitrogens is 3. The molecule has 188 valence electrons. The van der Waals surface area contributed by atoms with Crippen molar-refractivity contribution >= 4 is 55.7 Å². The highest BCUT2D eigenvalue weighted by molar-refractivity contribution is 7.20. The molecule has 0 unspecified atom stereocenters. The van der Waals surface area contributed by atoms with Gasteiger partial charge >= 0.3 is 0 Å². The molecule has 11 heteroatoms. The lowest BCUT2D eigenvalue weighted by molar-refractivity contribution is 0.0341. The molecule has 5 aromatic rings. The number of amides is 1. The quantitative estimate of drug-likeness (QED) is 0.256. The molecule has 5 heterocycles. The second-order valence-corrected chi connectivity index (χ2v) is 10.8. The van der Waals surface area contributed by atoms with Crippen LogP contribution in [0.1, 0.15) is 15.2 Å². The minimum atomic E-state index is -0.200. The number of imidazole rings is 1. The topological polar surface area (TPSA) is 110 Å². The number of carbonyl (C=O) groups excluding carboxylic acids is 1. The van der Waals surface area contributed by atoms with Crippen molar-refractivity contribution in [2.24, 2.45) is 0 Å². The molecule has 0 aliphatic carbocycles. The number of thiophene rings is 1. The first kappa shape index (κ1) is 23.6. The number of nitrogens with one attached hydrogen (secondary N) is 2. The van der Waals surface area contributed by atoms with E-state index in [1.807, 2.05) is 30.6 Å². The molecule has 0 saturated carbocycles. The Morgan fingerprint density at radius 1 is 1.03 bits per heavy atom. The number of morpholine rings is 1. The van der Waals surface area contributed by atoms with E-state index in [1.165, 1.54) is 16.9 Å². The summed E-state index contributed by atoms with van der Waals surface area (Å²) in [4.78, 5) is 25.8. The van der Waals surface area contributed by atoms with Crippen molar-refractivity contribution in [2.75, 3.05) is 42.7 Å². The molecule has 0 spiro atoms. The maximum Gasteiger partial charge on any atom is 0.265 e.